The molecule has 0 saturated carbocycles. The Labute approximate surface area is 171 Å². The summed E-state index contributed by atoms with van der Waals surface area (Å²) in [5.74, 6) is 2.01. The molecule has 0 aliphatic heterocycles. The van der Waals surface area contributed by atoms with E-state index in [4.69, 9.17) is 11.6 Å². The lowest BCUT2D eigenvalue weighted by Gasteiger charge is -2.19. The molecule has 0 aromatic heterocycles. The van der Waals surface area contributed by atoms with Crippen molar-refractivity contribution in [2.45, 2.75) is 26.2 Å². The van der Waals surface area contributed by atoms with Crippen molar-refractivity contribution in [3.05, 3.63) is 95.3 Å². The first-order valence-corrected chi connectivity index (χ1v) is 11.6. The molecule has 0 atom stereocenters. The fraction of sp³-hybridized carbons (Fsp3) is 0.167. The molecule has 0 aliphatic carbocycles. The normalized spacial score (nSPS) is 12.1. The highest BCUT2D eigenvalue weighted by molar-refractivity contribution is 7.81. The second kappa shape index (κ2) is 9.28. The number of hydrogen-bond donors (Lipinski definition) is 1. The van der Waals surface area contributed by atoms with Gasteiger partial charge in [-0.05, 0) is 42.4 Å². The minimum absolute atomic E-state index is 0.152. The number of unbranched alkanes of at least 4 members (excludes halogenated alkanes) is 1. The fourth-order valence-electron chi connectivity index (χ4n) is 3.22. The first kappa shape index (κ1) is 20.5. The summed E-state index contributed by atoms with van der Waals surface area (Å²) in [7, 11) is -3.04. The van der Waals surface area contributed by atoms with Crippen LogP contribution in [-0.4, -0.2) is 5.11 Å². The topological polar surface area (TPSA) is 37.3 Å². The van der Waals surface area contributed by atoms with E-state index in [9.17, 15) is 9.67 Å². The maximum atomic E-state index is 14.4. The van der Waals surface area contributed by atoms with E-state index >= 15 is 0 Å². The summed E-state index contributed by atoms with van der Waals surface area (Å²) >= 11 is 6.19. The second-order valence-electron chi connectivity index (χ2n) is 6.75. The van der Waals surface area contributed by atoms with Crippen LogP contribution in [0.25, 0.3) is 5.57 Å². The molecule has 2 nitrogen and oxygen atoms in total. The maximum absolute atomic E-state index is 14.4. The van der Waals surface area contributed by atoms with Crippen molar-refractivity contribution >= 4 is 34.9 Å². The van der Waals surface area contributed by atoms with Gasteiger partial charge in [0.05, 0.1) is 0 Å². The van der Waals surface area contributed by atoms with Gasteiger partial charge < -0.3 is 9.67 Å². The highest BCUT2D eigenvalue weighted by Crippen LogP contribution is 2.49. The molecule has 0 saturated heterocycles. The molecule has 1 N–H and O–H groups in total. The summed E-state index contributed by atoms with van der Waals surface area (Å²) in [6, 6.07) is 24.1. The molecule has 0 spiro atoms. The van der Waals surface area contributed by atoms with Gasteiger partial charge in [-0.2, -0.15) is 0 Å². The quantitative estimate of drug-likeness (QED) is 0.446. The number of allylic oxidation sites excluding steroid dienone is 1. The summed E-state index contributed by atoms with van der Waals surface area (Å²) in [4.78, 5) is 0. The number of hydrogen-bond acceptors (Lipinski definition) is 2. The molecule has 0 heterocycles. The zero-order chi connectivity index (χ0) is 20.0. The molecular weight excluding hydrogens is 387 g/mol. The van der Waals surface area contributed by atoms with Crippen LogP contribution in [0.1, 0.15) is 31.7 Å². The molecule has 3 rings (SSSR count). The zero-order valence-electron chi connectivity index (χ0n) is 15.9. The monoisotopic (exact) mass is 410 g/mol. The minimum Gasteiger partial charge on any atom is -0.507 e. The Bertz CT molecular complexity index is 954. The number of aromatic hydroxyl groups is 1. The van der Waals surface area contributed by atoms with Crippen LogP contribution in [0, 0.1) is 0 Å². The van der Waals surface area contributed by atoms with E-state index in [2.05, 4.69) is 6.92 Å². The first-order valence-electron chi connectivity index (χ1n) is 9.46. The Morgan fingerprint density at radius 1 is 0.964 bits per heavy atom. The molecule has 4 heteroatoms. The average molecular weight is 411 g/mol. The third kappa shape index (κ3) is 4.58. The number of phenols is 1. The summed E-state index contributed by atoms with van der Waals surface area (Å²) in [6.07, 6.45) is 2.65. The van der Waals surface area contributed by atoms with Crippen LogP contribution in [-0.2, 0) is 4.57 Å². The number of benzene rings is 3. The SMILES string of the molecule is CCCC/C(=C/P(=O)(c1ccccc1)c1ccccc1)c1cc(Cl)ccc1O. The Hall–Kier alpha value is -2.28. The van der Waals surface area contributed by atoms with Crippen molar-refractivity contribution in [3.8, 4) is 5.75 Å². The molecule has 0 unspecified atom stereocenters. The van der Waals surface area contributed by atoms with Gasteiger partial charge in [0.25, 0.3) is 0 Å². The van der Waals surface area contributed by atoms with Crippen molar-refractivity contribution in [2.24, 2.45) is 0 Å². The predicted octanol–water partition coefficient (Wildman–Crippen LogP) is 6.59. The highest BCUT2D eigenvalue weighted by Gasteiger charge is 2.26. The van der Waals surface area contributed by atoms with E-state index in [-0.39, 0.29) is 5.75 Å². The van der Waals surface area contributed by atoms with Crippen LogP contribution in [0.3, 0.4) is 0 Å². The average Bonchev–Trinajstić information content (AvgIpc) is 2.74. The Morgan fingerprint density at radius 3 is 2.07 bits per heavy atom. The highest BCUT2D eigenvalue weighted by atomic mass is 35.5. The maximum Gasteiger partial charge on any atom is 0.164 e. The van der Waals surface area contributed by atoms with Crippen LogP contribution < -0.4 is 10.6 Å². The number of phenolic OH excluding ortho intramolecular Hbond substituents is 1. The molecule has 144 valence electrons. The molecular formula is C24H24ClO2P. The van der Waals surface area contributed by atoms with Gasteiger partial charge in [-0.25, -0.2) is 0 Å². The first-order chi connectivity index (χ1) is 13.5. The van der Waals surface area contributed by atoms with Crippen molar-refractivity contribution in [1.82, 2.24) is 0 Å². The Balaban J connectivity index is 2.23. The fourth-order valence-corrected chi connectivity index (χ4v) is 5.92. The summed E-state index contributed by atoms with van der Waals surface area (Å²) in [5, 5.41) is 12.5. The van der Waals surface area contributed by atoms with E-state index in [1.807, 2.05) is 66.5 Å². The van der Waals surface area contributed by atoms with Crippen LogP contribution >= 0.6 is 18.7 Å². The van der Waals surface area contributed by atoms with Crippen LogP contribution in [0.5, 0.6) is 5.75 Å². The second-order valence-corrected chi connectivity index (χ2v) is 9.79. The van der Waals surface area contributed by atoms with Crippen molar-refractivity contribution in [2.75, 3.05) is 0 Å². The van der Waals surface area contributed by atoms with E-state index in [1.54, 1.807) is 18.2 Å². The zero-order valence-corrected chi connectivity index (χ0v) is 17.5. The molecule has 3 aromatic carbocycles. The van der Waals surface area contributed by atoms with Crippen LogP contribution in [0.15, 0.2) is 84.7 Å². The standard InChI is InChI=1S/C24H24ClO2P/c1-2-3-10-19(23-17-20(25)15-16-24(23)26)18-28(27,21-11-6-4-7-12-21)22-13-8-5-9-14-22/h4-9,11-18,26H,2-3,10H2,1H3/b19-18-. The van der Waals surface area contributed by atoms with Crippen LogP contribution in [0.4, 0.5) is 0 Å². The van der Waals surface area contributed by atoms with Crippen molar-refractivity contribution in [3.63, 3.8) is 0 Å². The van der Waals surface area contributed by atoms with Gasteiger partial charge >= 0.3 is 0 Å². The molecule has 0 bridgehead atoms. The smallest absolute Gasteiger partial charge is 0.164 e. The lowest BCUT2D eigenvalue weighted by molar-refractivity contribution is 0.473. The summed E-state index contributed by atoms with van der Waals surface area (Å²) in [6.45, 7) is 2.11. The Morgan fingerprint density at radius 2 is 1.54 bits per heavy atom. The lowest BCUT2D eigenvalue weighted by Crippen LogP contribution is -2.14. The van der Waals surface area contributed by atoms with E-state index < -0.39 is 7.14 Å². The Kier molecular flexibility index (Phi) is 6.78. The van der Waals surface area contributed by atoms with Crippen molar-refractivity contribution < 1.29 is 9.67 Å². The molecule has 0 aliphatic rings. The third-order valence-electron chi connectivity index (χ3n) is 4.72. The van der Waals surface area contributed by atoms with Crippen molar-refractivity contribution in [1.29, 1.82) is 0 Å². The largest absolute Gasteiger partial charge is 0.507 e. The predicted molar refractivity (Wildman–Crippen MR) is 120 cm³/mol. The van der Waals surface area contributed by atoms with Gasteiger partial charge in [-0.1, -0.05) is 85.6 Å². The lowest BCUT2D eigenvalue weighted by atomic mass is 10.0. The van der Waals surface area contributed by atoms with Gasteiger partial charge in [0, 0.05) is 21.2 Å². The molecule has 0 fully saturated rings. The number of rotatable bonds is 7. The molecule has 0 amide bonds. The summed E-state index contributed by atoms with van der Waals surface area (Å²) < 4.78 is 14.4. The van der Waals surface area contributed by atoms with E-state index in [0.29, 0.717) is 17.0 Å². The van der Waals surface area contributed by atoms with Gasteiger partial charge in [-0.15, -0.1) is 0 Å². The van der Waals surface area contributed by atoms with Gasteiger partial charge in [0.2, 0.25) is 0 Å². The van der Waals surface area contributed by atoms with E-state index in [1.165, 1.54) is 0 Å². The van der Waals surface area contributed by atoms with Gasteiger partial charge in [0.15, 0.2) is 7.14 Å². The number of halogens is 1. The molecule has 0 radical (unpaired) electrons. The van der Waals surface area contributed by atoms with Gasteiger partial charge in [-0.3, -0.25) is 0 Å². The van der Waals surface area contributed by atoms with Crippen LogP contribution in [0.2, 0.25) is 5.02 Å². The summed E-state index contributed by atoms with van der Waals surface area (Å²) in [5.41, 5.74) is 1.51. The minimum atomic E-state index is -3.04. The molecule has 3 aromatic rings. The van der Waals surface area contributed by atoms with Gasteiger partial charge in [0.1, 0.15) is 5.75 Å². The van der Waals surface area contributed by atoms with E-state index in [0.717, 1.165) is 29.0 Å². The third-order valence-corrected chi connectivity index (χ3v) is 7.76. The molecule has 28 heavy (non-hydrogen) atoms.